The van der Waals surface area contributed by atoms with Gasteiger partial charge in [-0.2, -0.15) is 0 Å². The minimum absolute atomic E-state index is 0.225. The Bertz CT molecular complexity index is 496. The van der Waals surface area contributed by atoms with Gasteiger partial charge in [-0.3, -0.25) is 0 Å². The summed E-state index contributed by atoms with van der Waals surface area (Å²) >= 11 is 3.22. The molecular weight excluding hydrogens is 273 g/mol. The largest absolute Gasteiger partial charge is 0.333 e. The molecule has 0 radical (unpaired) electrons. The summed E-state index contributed by atoms with van der Waals surface area (Å²) in [6.07, 6.45) is 3.48. The van der Waals surface area contributed by atoms with Gasteiger partial charge in [0.15, 0.2) is 0 Å². The van der Waals surface area contributed by atoms with Crippen molar-refractivity contribution >= 4 is 15.9 Å². The lowest BCUT2D eigenvalue weighted by atomic mass is 10.2. The Morgan fingerprint density at radius 1 is 1.44 bits per heavy atom. The normalized spacial score (nSPS) is 10.7. The molecule has 1 aromatic carbocycles. The van der Waals surface area contributed by atoms with Crippen LogP contribution in [0.3, 0.4) is 0 Å². The van der Waals surface area contributed by atoms with Gasteiger partial charge in [-0.15, -0.1) is 0 Å². The molecule has 3 nitrogen and oxygen atoms in total. The van der Waals surface area contributed by atoms with Crippen molar-refractivity contribution in [3.63, 3.8) is 0 Å². The van der Waals surface area contributed by atoms with E-state index in [0.717, 1.165) is 10.2 Å². The third-order valence-corrected chi connectivity index (χ3v) is 2.76. The molecular formula is C11H11BrFN3. The second kappa shape index (κ2) is 4.76. The predicted molar refractivity (Wildman–Crippen MR) is 63.3 cm³/mol. The van der Waals surface area contributed by atoms with Gasteiger partial charge in [-0.05, 0) is 12.1 Å². The molecule has 0 aliphatic carbocycles. The lowest BCUT2D eigenvalue weighted by Crippen LogP contribution is -2.00. The molecule has 0 saturated carbocycles. The van der Waals surface area contributed by atoms with Gasteiger partial charge in [0.25, 0.3) is 0 Å². The van der Waals surface area contributed by atoms with Gasteiger partial charge < -0.3 is 10.3 Å². The van der Waals surface area contributed by atoms with Crippen molar-refractivity contribution in [3.8, 4) is 0 Å². The van der Waals surface area contributed by atoms with E-state index in [9.17, 15) is 4.39 Å². The molecule has 1 aromatic heterocycles. The van der Waals surface area contributed by atoms with Crippen molar-refractivity contribution in [2.75, 3.05) is 0 Å². The number of hydrogen-bond acceptors (Lipinski definition) is 2. The number of rotatable bonds is 3. The molecule has 2 aromatic rings. The fourth-order valence-electron chi connectivity index (χ4n) is 1.44. The molecule has 0 atom stereocenters. The van der Waals surface area contributed by atoms with Crippen molar-refractivity contribution in [2.24, 2.45) is 5.73 Å². The fourth-order valence-corrected chi connectivity index (χ4v) is 1.78. The number of aromatic nitrogens is 2. The van der Waals surface area contributed by atoms with Crippen LogP contribution in [-0.4, -0.2) is 9.55 Å². The Morgan fingerprint density at radius 2 is 2.25 bits per heavy atom. The first-order valence-electron chi connectivity index (χ1n) is 4.83. The highest BCUT2D eigenvalue weighted by atomic mass is 79.9. The molecule has 0 saturated heterocycles. The number of nitrogens with two attached hydrogens (primary N) is 1. The van der Waals surface area contributed by atoms with Crippen LogP contribution in [0.25, 0.3) is 0 Å². The summed E-state index contributed by atoms with van der Waals surface area (Å²) in [5.41, 5.74) is 6.88. The van der Waals surface area contributed by atoms with Crippen LogP contribution in [0.2, 0.25) is 0 Å². The van der Waals surface area contributed by atoms with E-state index in [-0.39, 0.29) is 5.82 Å². The van der Waals surface area contributed by atoms with Gasteiger partial charge in [-0.1, -0.05) is 22.0 Å². The Kier molecular flexibility index (Phi) is 3.36. The fraction of sp³-hybridized carbons (Fsp3) is 0.182. The summed E-state index contributed by atoms with van der Waals surface area (Å²) in [7, 11) is 0. The molecule has 0 aliphatic heterocycles. The Morgan fingerprint density at radius 3 is 2.88 bits per heavy atom. The second-order valence-corrected chi connectivity index (χ2v) is 4.39. The van der Waals surface area contributed by atoms with Crippen molar-refractivity contribution in [2.45, 2.75) is 13.1 Å². The highest BCUT2D eigenvalue weighted by Crippen LogP contribution is 2.16. The van der Waals surface area contributed by atoms with Gasteiger partial charge in [0.2, 0.25) is 0 Å². The number of imidazole rings is 1. The third kappa shape index (κ3) is 2.48. The maximum atomic E-state index is 13.5. The molecule has 0 unspecified atom stereocenters. The molecule has 1 heterocycles. The smallest absolute Gasteiger partial charge is 0.129 e. The second-order valence-electron chi connectivity index (χ2n) is 3.48. The van der Waals surface area contributed by atoms with E-state index >= 15 is 0 Å². The zero-order valence-electron chi connectivity index (χ0n) is 8.53. The number of nitrogens with zero attached hydrogens (tertiary/aromatic N) is 2. The molecule has 0 amide bonds. The number of benzene rings is 1. The predicted octanol–water partition coefficient (Wildman–Crippen LogP) is 2.29. The van der Waals surface area contributed by atoms with Gasteiger partial charge in [0.05, 0.1) is 18.6 Å². The first kappa shape index (κ1) is 11.3. The van der Waals surface area contributed by atoms with Crippen LogP contribution in [0, 0.1) is 5.82 Å². The molecule has 84 valence electrons. The van der Waals surface area contributed by atoms with E-state index in [1.54, 1.807) is 12.4 Å². The number of hydrogen-bond donors (Lipinski definition) is 1. The molecule has 2 N–H and O–H groups in total. The van der Waals surface area contributed by atoms with E-state index in [0.29, 0.717) is 18.7 Å². The highest BCUT2D eigenvalue weighted by molar-refractivity contribution is 9.10. The lowest BCUT2D eigenvalue weighted by molar-refractivity contribution is 0.598. The molecule has 0 fully saturated rings. The summed E-state index contributed by atoms with van der Waals surface area (Å²) in [5.74, 6) is -0.225. The molecule has 0 aliphatic rings. The van der Waals surface area contributed by atoms with Crippen LogP contribution in [0.5, 0.6) is 0 Å². The Balaban J connectivity index is 2.20. The van der Waals surface area contributed by atoms with E-state index < -0.39 is 0 Å². The van der Waals surface area contributed by atoms with Crippen molar-refractivity contribution < 1.29 is 4.39 Å². The first-order valence-corrected chi connectivity index (χ1v) is 5.63. The summed E-state index contributed by atoms with van der Waals surface area (Å²) < 4.78 is 16.1. The maximum absolute atomic E-state index is 13.5. The monoisotopic (exact) mass is 283 g/mol. The van der Waals surface area contributed by atoms with Crippen LogP contribution >= 0.6 is 15.9 Å². The third-order valence-electron chi connectivity index (χ3n) is 2.26. The molecule has 5 heteroatoms. The van der Waals surface area contributed by atoms with E-state index in [1.165, 1.54) is 6.07 Å². The van der Waals surface area contributed by atoms with E-state index in [1.807, 2.05) is 16.8 Å². The zero-order valence-corrected chi connectivity index (χ0v) is 10.1. The summed E-state index contributed by atoms with van der Waals surface area (Å²) in [6, 6.07) is 5.02. The van der Waals surface area contributed by atoms with Crippen LogP contribution in [-0.2, 0) is 13.1 Å². The number of halogens is 2. The van der Waals surface area contributed by atoms with Gasteiger partial charge in [0.1, 0.15) is 5.82 Å². The Hall–Kier alpha value is -1.20. The highest BCUT2D eigenvalue weighted by Gasteiger charge is 2.04. The van der Waals surface area contributed by atoms with E-state index in [4.69, 9.17) is 5.73 Å². The topological polar surface area (TPSA) is 43.8 Å². The van der Waals surface area contributed by atoms with Crippen molar-refractivity contribution in [1.82, 2.24) is 9.55 Å². The lowest BCUT2D eigenvalue weighted by Gasteiger charge is -2.04. The van der Waals surface area contributed by atoms with Crippen molar-refractivity contribution in [3.05, 3.63) is 52.3 Å². The minimum atomic E-state index is -0.225. The SMILES string of the molecule is NCc1cn(Cc2ccc(Br)cc2F)cn1. The summed E-state index contributed by atoms with van der Waals surface area (Å²) in [5, 5.41) is 0. The quantitative estimate of drug-likeness (QED) is 0.939. The summed E-state index contributed by atoms with van der Waals surface area (Å²) in [6.45, 7) is 0.863. The average molecular weight is 284 g/mol. The Labute approximate surface area is 101 Å². The van der Waals surface area contributed by atoms with Gasteiger partial charge >= 0.3 is 0 Å². The molecule has 0 spiro atoms. The standard InChI is InChI=1S/C11H11BrFN3/c12-9-2-1-8(11(13)3-9)5-16-6-10(4-14)15-7-16/h1-3,6-7H,4-5,14H2. The molecule has 2 rings (SSSR count). The van der Waals surface area contributed by atoms with Crippen LogP contribution in [0.15, 0.2) is 35.2 Å². The van der Waals surface area contributed by atoms with Gasteiger partial charge in [0, 0.05) is 22.8 Å². The zero-order chi connectivity index (χ0) is 11.5. The maximum Gasteiger partial charge on any atom is 0.129 e. The van der Waals surface area contributed by atoms with Gasteiger partial charge in [-0.25, -0.2) is 9.37 Å². The summed E-state index contributed by atoms with van der Waals surface area (Å²) in [4.78, 5) is 4.08. The van der Waals surface area contributed by atoms with Crippen LogP contribution < -0.4 is 5.73 Å². The van der Waals surface area contributed by atoms with E-state index in [2.05, 4.69) is 20.9 Å². The first-order chi connectivity index (χ1) is 7.69. The molecule has 16 heavy (non-hydrogen) atoms. The molecule has 0 bridgehead atoms. The minimum Gasteiger partial charge on any atom is -0.333 e. The van der Waals surface area contributed by atoms with Crippen LogP contribution in [0.4, 0.5) is 4.39 Å². The average Bonchev–Trinajstić information content (AvgIpc) is 2.70. The van der Waals surface area contributed by atoms with Crippen LogP contribution in [0.1, 0.15) is 11.3 Å². The van der Waals surface area contributed by atoms with Crippen molar-refractivity contribution in [1.29, 1.82) is 0 Å².